The summed E-state index contributed by atoms with van der Waals surface area (Å²) in [7, 11) is 1.78. The van der Waals surface area contributed by atoms with Crippen molar-refractivity contribution in [3.8, 4) is 0 Å². The molecule has 3 heteroatoms. The van der Waals surface area contributed by atoms with E-state index >= 15 is 0 Å². The predicted molar refractivity (Wildman–Crippen MR) is 43.8 cm³/mol. The van der Waals surface area contributed by atoms with Gasteiger partial charge in [0.2, 0.25) is 5.91 Å². The van der Waals surface area contributed by atoms with Crippen molar-refractivity contribution in [1.82, 2.24) is 4.90 Å². The number of hydrogen-bond acceptors (Lipinski definition) is 2. The summed E-state index contributed by atoms with van der Waals surface area (Å²) < 4.78 is 0. The number of allylic oxidation sites excluding steroid dienone is 1. The van der Waals surface area contributed by atoms with Crippen LogP contribution in [0.15, 0.2) is 12.3 Å². The Hall–Kier alpha value is -0.440. The molecule has 0 N–H and O–H groups in total. The molecule has 1 amide bonds. The van der Waals surface area contributed by atoms with E-state index in [9.17, 15) is 4.79 Å². The van der Waals surface area contributed by atoms with Crippen LogP contribution in [0.4, 0.5) is 0 Å². The molecule has 0 spiro atoms. The van der Waals surface area contributed by atoms with Crippen LogP contribution in [-0.4, -0.2) is 29.4 Å². The van der Waals surface area contributed by atoms with Gasteiger partial charge in [-0.15, -0.1) is 0 Å². The molecule has 1 fully saturated rings. The number of carbonyl (C=O) groups is 1. The maximum atomic E-state index is 11.2. The van der Waals surface area contributed by atoms with Gasteiger partial charge in [-0.1, -0.05) is 6.58 Å². The van der Waals surface area contributed by atoms with Crippen molar-refractivity contribution in [2.24, 2.45) is 0 Å². The van der Waals surface area contributed by atoms with Crippen molar-refractivity contribution in [1.29, 1.82) is 0 Å². The fourth-order valence-corrected chi connectivity index (χ4v) is 1.71. The van der Waals surface area contributed by atoms with Gasteiger partial charge in [-0.3, -0.25) is 4.79 Å². The first-order valence-electron chi connectivity index (χ1n) is 3.15. The largest absolute Gasteiger partial charge is 0.319 e. The minimum atomic E-state index is 0.123. The summed E-state index contributed by atoms with van der Waals surface area (Å²) in [6.45, 7) is 3.78. The molecule has 1 atom stereocenters. The van der Waals surface area contributed by atoms with E-state index in [4.69, 9.17) is 0 Å². The first kappa shape index (κ1) is 7.66. The van der Waals surface area contributed by atoms with Gasteiger partial charge >= 0.3 is 0 Å². The number of likely N-dealkylation sites (tertiary alicyclic amines) is 1. The van der Waals surface area contributed by atoms with Gasteiger partial charge in [0, 0.05) is 19.2 Å². The molecule has 1 rings (SSSR count). The van der Waals surface area contributed by atoms with Crippen molar-refractivity contribution in [3.63, 3.8) is 0 Å². The molecule has 10 heavy (non-hydrogen) atoms. The molecule has 2 nitrogen and oxygen atoms in total. The maximum absolute atomic E-state index is 11.2. The van der Waals surface area contributed by atoms with Crippen LogP contribution in [-0.2, 0) is 4.79 Å². The number of carbonyl (C=O) groups excluding carboxylic acids is 1. The molecular formula is C7H11NOS. The summed E-state index contributed by atoms with van der Waals surface area (Å²) >= 11 is 1.60. The van der Waals surface area contributed by atoms with Crippen molar-refractivity contribution in [3.05, 3.63) is 12.3 Å². The fourth-order valence-electron chi connectivity index (χ4n) is 0.994. The fraction of sp³-hybridized carbons (Fsp3) is 0.571. The standard InChI is InChI=1S/C7H11NOS/c1-5-4-6(10-3)7(9)8(5)2/h6H,1,4H2,2-3H3. The van der Waals surface area contributed by atoms with Crippen molar-refractivity contribution >= 4 is 17.7 Å². The molecule has 1 unspecified atom stereocenters. The molecule has 1 aliphatic rings. The van der Waals surface area contributed by atoms with Crippen LogP contribution in [0.2, 0.25) is 0 Å². The van der Waals surface area contributed by atoms with Crippen LogP contribution in [0.3, 0.4) is 0 Å². The third-order valence-electron chi connectivity index (χ3n) is 1.79. The summed E-state index contributed by atoms with van der Waals surface area (Å²) in [6, 6.07) is 0. The van der Waals surface area contributed by atoms with Crippen LogP contribution in [0.5, 0.6) is 0 Å². The quantitative estimate of drug-likeness (QED) is 0.568. The van der Waals surface area contributed by atoms with E-state index in [-0.39, 0.29) is 11.2 Å². The molecule has 0 aliphatic carbocycles. The highest BCUT2D eigenvalue weighted by molar-refractivity contribution is 7.99. The molecule has 0 aromatic rings. The topological polar surface area (TPSA) is 20.3 Å². The van der Waals surface area contributed by atoms with E-state index in [0.29, 0.717) is 0 Å². The molecule has 0 radical (unpaired) electrons. The Balaban J connectivity index is 2.71. The zero-order valence-electron chi connectivity index (χ0n) is 6.26. The second-order valence-corrected chi connectivity index (χ2v) is 3.43. The molecule has 1 aliphatic heterocycles. The van der Waals surface area contributed by atoms with Crippen molar-refractivity contribution < 1.29 is 4.79 Å². The van der Waals surface area contributed by atoms with E-state index < -0.39 is 0 Å². The second-order valence-electron chi connectivity index (χ2n) is 2.39. The van der Waals surface area contributed by atoms with Gasteiger partial charge < -0.3 is 4.90 Å². The third kappa shape index (κ3) is 1.06. The van der Waals surface area contributed by atoms with E-state index in [1.165, 1.54) is 0 Å². The first-order valence-corrected chi connectivity index (χ1v) is 4.43. The highest BCUT2D eigenvalue weighted by Gasteiger charge is 2.30. The zero-order chi connectivity index (χ0) is 7.72. The summed E-state index contributed by atoms with van der Waals surface area (Å²) in [5.74, 6) is 0.192. The highest BCUT2D eigenvalue weighted by atomic mass is 32.2. The Morgan fingerprint density at radius 2 is 2.40 bits per heavy atom. The van der Waals surface area contributed by atoms with Gasteiger partial charge in [-0.25, -0.2) is 0 Å². The van der Waals surface area contributed by atoms with Gasteiger partial charge in [0.25, 0.3) is 0 Å². The Kier molecular flexibility index (Phi) is 2.04. The smallest absolute Gasteiger partial charge is 0.239 e. The molecule has 56 valence electrons. The molecule has 1 saturated heterocycles. The van der Waals surface area contributed by atoms with Gasteiger partial charge in [0.1, 0.15) is 0 Å². The van der Waals surface area contributed by atoms with Gasteiger partial charge in [-0.2, -0.15) is 11.8 Å². The lowest BCUT2D eigenvalue weighted by Crippen LogP contribution is -2.22. The predicted octanol–water partition coefficient (Wildman–Crippen LogP) is 1.09. The van der Waals surface area contributed by atoms with Crippen LogP contribution in [0, 0.1) is 0 Å². The number of rotatable bonds is 1. The monoisotopic (exact) mass is 157 g/mol. The number of amides is 1. The Labute approximate surface area is 65.3 Å². The van der Waals surface area contributed by atoms with Crippen LogP contribution in [0.1, 0.15) is 6.42 Å². The van der Waals surface area contributed by atoms with Gasteiger partial charge in [0.15, 0.2) is 0 Å². The summed E-state index contributed by atoms with van der Waals surface area (Å²) in [4.78, 5) is 12.8. The Bertz CT molecular complexity index is 178. The maximum Gasteiger partial charge on any atom is 0.239 e. The molecule has 0 aromatic carbocycles. The summed E-state index contributed by atoms with van der Waals surface area (Å²) in [6.07, 6.45) is 2.77. The van der Waals surface area contributed by atoms with E-state index in [2.05, 4.69) is 6.58 Å². The van der Waals surface area contributed by atoms with Gasteiger partial charge in [0.05, 0.1) is 5.25 Å². The molecular weight excluding hydrogens is 146 g/mol. The van der Waals surface area contributed by atoms with E-state index in [1.54, 1.807) is 23.7 Å². The minimum Gasteiger partial charge on any atom is -0.319 e. The molecule has 0 bridgehead atoms. The third-order valence-corrected chi connectivity index (χ3v) is 2.72. The lowest BCUT2D eigenvalue weighted by molar-refractivity contribution is -0.125. The molecule has 0 saturated carbocycles. The highest BCUT2D eigenvalue weighted by Crippen LogP contribution is 2.27. The lowest BCUT2D eigenvalue weighted by Gasteiger charge is -2.08. The van der Waals surface area contributed by atoms with E-state index in [0.717, 1.165) is 12.1 Å². The zero-order valence-corrected chi connectivity index (χ0v) is 7.07. The van der Waals surface area contributed by atoms with Crippen LogP contribution >= 0.6 is 11.8 Å². The molecule has 0 aromatic heterocycles. The number of nitrogens with zero attached hydrogens (tertiary/aromatic N) is 1. The van der Waals surface area contributed by atoms with Crippen molar-refractivity contribution in [2.45, 2.75) is 11.7 Å². The second kappa shape index (κ2) is 2.66. The van der Waals surface area contributed by atoms with E-state index in [1.807, 2.05) is 6.26 Å². The Morgan fingerprint density at radius 3 is 2.60 bits per heavy atom. The average Bonchev–Trinajstić information content (AvgIpc) is 2.17. The van der Waals surface area contributed by atoms with Gasteiger partial charge in [-0.05, 0) is 6.26 Å². The first-order chi connectivity index (χ1) is 4.66. The molecule has 1 heterocycles. The van der Waals surface area contributed by atoms with Crippen LogP contribution < -0.4 is 0 Å². The number of hydrogen-bond donors (Lipinski definition) is 0. The normalized spacial score (nSPS) is 26.2. The minimum absolute atomic E-state index is 0.123. The number of thioether (sulfide) groups is 1. The summed E-state index contributed by atoms with van der Waals surface area (Å²) in [5, 5.41) is 0.123. The Morgan fingerprint density at radius 1 is 1.80 bits per heavy atom. The average molecular weight is 157 g/mol. The van der Waals surface area contributed by atoms with Crippen LogP contribution in [0.25, 0.3) is 0 Å². The summed E-state index contributed by atoms with van der Waals surface area (Å²) in [5.41, 5.74) is 0.935. The lowest BCUT2D eigenvalue weighted by atomic mass is 10.3. The SMILES string of the molecule is C=C1CC(SC)C(=O)N1C. The van der Waals surface area contributed by atoms with Crippen molar-refractivity contribution in [2.75, 3.05) is 13.3 Å².